The molecule has 31 heavy (non-hydrogen) atoms. The first-order valence-electron chi connectivity index (χ1n) is 8.51. The van der Waals surface area contributed by atoms with E-state index in [1.807, 2.05) is 6.07 Å². The van der Waals surface area contributed by atoms with Crippen LogP contribution in [0.5, 0.6) is 0 Å². The lowest BCUT2D eigenvalue weighted by Crippen LogP contribution is -2.49. The van der Waals surface area contributed by atoms with E-state index in [0.717, 1.165) is 18.5 Å². The van der Waals surface area contributed by atoms with Crippen LogP contribution < -0.4 is 0 Å². The number of benzene rings is 1. The number of alkyl halides is 3. The molecular weight excluding hydrogens is 441 g/mol. The molecule has 2 aromatic rings. The lowest BCUT2D eigenvalue weighted by Gasteiger charge is -2.34. The number of allylic oxidation sites excluding steroid dienone is 2. The second-order valence-corrected chi connectivity index (χ2v) is 7.98. The molecule has 1 atom stereocenters. The minimum Gasteiger partial charge on any atom is -0.293 e. The van der Waals surface area contributed by atoms with Crippen LogP contribution in [0, 0.1) is 17.2 Å². The van der Waals surface area contributed by atoms with Gasteiger partial charge in [-0.3, -0.25) is 14.1 Å². The Morgan fingerprint density at radius 1 is 1.19 bits per heavy atom. The van der Waals surface area contributed by atoms with Gasteiger partial charge in [-0.1, -0.05) is 0 Å². The number of hydrogen-bond acceptors (Lipinski definition) is 6. The first-order valence-corrected chi connectivity index (χ1v) is 9.95. The molecule has 2 heterocycles. The molecule has 162 valence electrons. The van der Waals surface area contributed by atoms with E-state index in [-0.39, 0.29) is 11.3 Å². The lowest BCUT2D eigenvalue weighted by atomic mass is 9.90. The van der Waals surface area contributed by atoms with Crippen molar-refractivity contribution in [2.45, 2.75) is 25.0 Å². The zero-order valence-corrected chi connectivity index (χ0v) is 16.7. The zero-order valence-electron chi connectivity index (χ0n) is 15.9. The van der Waals surface area contributed by atoms with Gasteiger partial charge in [-0.15, -0.1) is 13.2 Å². The summed E-state index contributed by atoms with van der Waals surface area (Å²) in [5.74, 6) is -4.35. The molecule has 1 amide bonds. The molecule has 0 aliphatic carbocycles. The zero-order chi connectivity index (χ0) is 23.3. The van der Waals surface area contributed by atoms with Gasteiger partial charge in [-0.05, 0) is 38.1 Å². The summed E-state index contributed by atoms with van der Waals surface area (Å²) >= 11 is 0. The van der Waals surface area contributed by atoms with E-state index in [9.17, 15) is 35.7 Å². The van der Waals surface area contributed by atoms with Crippen LogP contribution in [0.1, 0.15) is 25.1 Å². The molecule has 0 saturated carbocycles. The summed E-state index contributed by atoms with van der Waals surface area (Å²) in [4.78, 5) is 23.5. The SMILES string of the molecule is CC1=C(c2c(S(=O)(=O)O)cnn2-c2ccc(C#N)cc2)C(=O)C(C)C(=O)N1C(F)(F)F. The van der Waals surface area contributed by atoms with Gasteiger partial charge in [0.25, 0.3) is 10.1 Å². The Bertz CT molecular complexity index is 1270. The Morgan fingerprint density at radius 3 is 2.26 bits per heavy atom. The predicted octanol–water partition coefficient (Wildman–Crippen LogP) is 2.29. The Hall–Kier alpha value is -3.50. The van der Waals surface area contributed by atoms with E-state index in [4.69, 9.17) is 5.26 Å². The lowest BCUT2D eigenvalue weighted by molar-refractivity contribution is -0.231. The summed E-state index contributed by atoms with van der Waals surface area (Å²) in [6.45, 7) is 1.81. The number of amides is 1. The first kappa shape index (κ1) is 22.2. The molecule has 0 spiro atoms. The third-order valence-electron chi connectivity index (χ3n) is 4.67. The number of carbonyl (C=O) groups excluding carboxylic acids is 2. The van der Waals surface area contributed by atoms with Crippen molar-refractivity contribution in [3.8, 4) is 11.8 Å². The van der Waals surface area contributed by atoms with E-state index in [1.54, 1.807) is 0 Å². The predicted molar refractivity (Wildman–Crippen MR) is 97.8 cm³/mol. The van der Waals surface area contributed by atoms with Gasteiger partial charge in [-0.2, -0.15) is 18.8 Å². The van der Waals surface area contributed by atoms with Crippen molar-refractivity contribution in [2.75, 3.05) is 0 Å². The number of ketones is 1. The molecule has 1 aliphatic rings. The molecule has 0 radical (unpaired) electrons. The van der Waals surface area contributed by atoms with Crippen molar-refractivity contribution in [1.82, 2.24) is 14.7 Å². The molecular formula is C18H13F3N4O5S. The molecule has 1 aliphatic heterocycles. The van der Waals surface area contributed by atoms with E-state index in [1.165, 1.54) is 24.3 Å². The van der Waals surface area contributed by atoms with Crippen LogP contribution in [0.15, 0.2) is 41.1 Å². The molecule has 0 fully saturated rings. The number of hydrogen-bond donors (Lipinski definition) is 1. The van der Waals surface area contributed by atoms with Crippen LogP contribution in [0.3, 0.4) is 0 Å². The Morgan fingerprint density at radius 2 is 1.77 bits per heavy atom. The fourth-order valence-electron chi connectivity index (χ4n) is 3.21. The maximum absolute atomic E-state index is 13.5. The second-order valence-electron chi connectivity index (χ2n) is 6.59. The number of aromatic nitrogens is 2. The second kappa shape index (κ2) is 7.33. The Kier molecular flexibility index (Phi) is 5.24. The fourth-order valence-corrected chi connectivity index (χ4v) is 3.82. The third-order valence-corrected chi connectivity index (χ3v) is 5.53. The molecule has 13 heteroatoms. The van der Waals surface area contributed by atoms with Gasteiger partial charge in [0.15, 0.2) is 5.78 Å². The van der Waals surface area contributed by atoms with Crippen LogP contribution in [0.4, 0.5) is 13.2 Å². The highest BCUT2D eigenvalue weighted by molar-refractivity contribution is 7.86. The van der Waals surface area contributed by atoms with Gasteiger partial charge in [0.05, 0.1) is 35.0 Å². The Balaban J connectivity index is 2.40. The normalized spacial score (nSPS) is 17.8. The first-order chi connectivity index (χ1) is 14.3. The fraction of sp³-hybridized carbons (Fsp3) is 0.222. The number of halogens is 3. The highest BCUT2D eigenvalue weighted by Gasteiger charge is 2.51. The van der Waals surface area contributed by atoms with Gasteiger partial charge in [0.2, 0.25) is 5.91 Å². The van der Waals surface area contributed by atoms with Crippen molar-refractivity contribution in [3.63, 3.8) is 0 Å². The topological polar surface area (TPSA) is 133 Å². The standard InChI is InChI=1S/C18H13F3N4O5S/c1-9-16(26)14(10(2)24(17(9)27)18(19,20)21)15-13(31(28,29)30)8-23-25(15)12-5-3-11(7-22)4-6-12/h3-6,8-9H,1-2H3,(H,28,29,30). The molecule has 1 N–H and O–H groups in total. The summed E-state index contributed by atoms with van der Waals surface area (Å²) in [6.07, 6.45) is -4.51. The summed E-state index contributed by atoms with van der Waals surface area (Å²) in [7, 11) is -5.02. The molecule has 1 aromatic carbocycles. The van der Waals surface area contributed by atoms with Crippen LogP contribution in [0.25, 0.3) is 11.3 Å². The minimum absolute atomic E-state index is 0.0973. The molecule has 3 rings (SSSR count). The summed E-state index contributed by atoms with van der Waals surface area (Å²) in [6, 6.07) is 7.18. The van der Waals surface area contributed by atoms with Crippen molar-refractivity contribution < 1.29 is 35.7 Å². The van der Waals surface area contributed by atoms with Crippen molar-refractivity contribution in [3.05, 3.63) is 47.4 Å². The average molecular weight is 454 g/mol. The van der Waals surface area contributed by atoms with E-state index >= 15 is 0 Å². The van der Waals surface area contributed by atoms with Crippen molar-refractivity contribution in [1.29, 1.82) is 5.26 Å². The molecule has 0 bridgehead atoms. The van der Waals surface area contributed by atoms with Crippen LogP contribution in [0.2, 0.25) is 0 Å². The van der Waals surface area contributed by atoms with Crippen LogP contribution in [-0.4, -0.2) is 45.6 Å². The Labute approximate surface area is 173 Å². The van der Waals surface area contributed by atoms with Crippen molar-refractivity contribution >= 4 is 27.4 Å². The third kappa shape index (κ3) is 3.71. The van der Waals surface area contributed by atoms with E-state index in [0.29, 0.717) is 6.20 Å². The largest absolute Gasteiger partial charge is 0.491 e. The highest BCUT2D eigenvalue weighted by atomic mass is 32.2. The maximum Gasteiger partial charge on any atom is 0.491 e. The summed E-state index contributed by atoms with van der Waals surface area (Å²) in [5.41, 5.74) is -1.90. The number of rotatable bonds is 3. The smallest absolute Gasteiger partial charge is 0.293 e. The number of nitriles is 1. The minimum atomic E-state index is -5.18. The summed E-state index contributed by atoms with van der Waals surface area (Å²) < 4.78 is 74.9. The van der Waals surface area contributed by atoms with Gasteiger partial charge in [0.1, 0.15) is 10.6 Å². The number of carbonyl (C=O) groups is 2. The molecule has 1 unspecified atom stereocenters. The number of nitrogens with zero attached hydrogens (tertiary/aromatic N) is 4. The highest BCUT2D eigenvalue weighted by Crippen LogP contribution is 2.40. The van der Waals surface area contributed by atoms with Gasteiger partial charge < -0.3 is 0 Å². The molecule has 1 aromatic heterocycles. The monoisotopic (exact) mass is 454 g/mol. The quantitative estimate of drug-likeness (QED) is 0.427. The average Bonchev–Trinajstić information content (AvgIpc) is 3.10. The van der Waals surface area contributed by atoms with E-state index < -0.39 is 60.8 Å². The van der Waals surface area contributed by atoms with Gasteiger partial charge in [0, 0.05) is 5.70 Å². The maximum atomic E-state index is 13.5. The molecule has 0 saturated heterocycles. The van der Waals surface area contributed by atoms with Crippen molar-refractivity contribution in [2.24, 2.45) is 5.92 Å². The van der Waals surface area contributed by atoms with Crippen LogP contribution >= 0.6 is 0 Å². The van der Waals surface area contributed by atoms with Gasteiger partial charge >= 0.3 is 6.30 Å². The number of Topliss-reactive ketones (excluding diaryl/α,β-unsaturated/α-hetero) is 1. The van der Waals surface area contributed by atoms with E-state index in [2.05, 4.69) is 5.10 Å². The molecule has 9 nitrogen and oxygen atoms in total. The van der Waals surface area contributed by atoms with Gasteiger partial charge in [-0.25, -0.2) is 9.58 Å². The summed E-state index contributed by atoms with van der Waals surface area (Å²) in [5, 5.41) is 12.7. The van der Waals surface area contributed by atoms with Crippen LogP contribution in [-0.2, 0) is 19.7 Å².